The molecule has 1 aliphatic heterocycles. The molecule has 1 saturated heterocycles. The largest absolute Gasteiger partial charge is 0.416 e. The fourth-order valence-corrected chi connectivity index (χ4v) is 4.57. The van der Waals surface area contributed by atoms with Gasteiger partial charge < -0.3 is 14.6 Å². The maximum Gasteiger partial charge on any atom is 0.416 e. The Balaban J connectivity index is 1.46. The Bertz CT molecular complexity index is 1130. The molecule has 0 atom stereocenters. The van der Waals surface area contributed by atoms with E-state index in [0.29, 0.717) is 11.6 Å². The molecule has 2 aromatic carbocycles. The van der Waals surface area contributed by atoms with Crippen LogP contribution in [-0.4, -0.2) is 34.9 Å². The van der Waals surface area contributed by atoms with Crippen LogP contribution < -0.4 is 10.2 Å². The maximum absolute atomic E-state index is 13.3. The summed E-state index contributed by atoms with van der Waals surface area (Å²) in [5, 5.41) is 10.8. The van der Waals surface area contributed by atoms with Crippen molar-refractivity contribution < 1.29 is 22.4 Å². The molecule has 3 aromatic rings. The summed E-state index contributed by atoms with van der Waals surface area (Å²) in [4.78, 5) is 14.6. The average Bonchev–Trinajstić information content (AvgIpc) is 3.27. The van der Waals surface area contributed by atoms with Crippen molar-refractivity contribution in [1.29, 1.82) is 0 Å². The van der Waals surface area contributed by atoms with Crippen molar-refractivity contribution in [2.45, 2.75) is 30.7 Å². The van der Waals surface area contributed by atoms with Crippen molar-refractivity contribution in [2.24, 2.45) is 0 Å². The smallest absolute Gasteiger partial charge is 0.411 e. The topological polar surface area (TPSA) is 71.3 Å². The van der Waals surface area contributed by atoms with Crippen molar-refractivity contribution >= 4 is 45.0 Å². The monoisotopic (exact) mass is 540 g/mol. The number of halogens is 4. The van der Waals surface area contributed by atoms with Gasteiger partial charge in [-0.15, -0.1) is 10.2 Å². The lowest BCUT2D eigenvalue weighted by molar-refractivity contribution is -0.137. The quantitative estimate of drug-likeness (QED) is 0.373. The second-order valence-corrected chi connectivity index (χ2v) is 9.25. The number of nitrogens with zero attached hydrogens (tertiary/aromatic N) is 3. The standard InChI is InChI=1S/C22H20BrF3N4O2S/c23-16-7-3-2-6-15(16)20-28-29-21(32-20)33-13-19(31)27-17-12-14(22(24,25)26)8-9-18(17)30-10-4-1-5-11-30/h2-3,6-9,12H,1,4-5,10-11,13H2,(H,27,31). The fraction of sp³-hybridized carbons (Fsp3) is 0.318. The summed E-state index contributed by atoms with van der Waals surface area (Å²) < 4.78 is 46.2. The molecule has 0 saturated carbocycles. The lowest BCUT2D eigenvalue weighted by Gasteiger charge is -2.31. The molecular formula is C22H20BrF3N4O2S. The summed E-state index contributed by atoms with van der Waals surface area (Å²) in [6.45, 7) is 1.48. The Kier molecular flexibility index (Phi) is 7.28. The van der Waals surface area contributed by atoms with E-state index in [0.717, 1.165) is 66.3 Å². The third kappa shape index (κ3) is 5.89. The van der Waals surface area contributed by atoms with Crippen LogP contribution in [0.3, 0.4) is 0 Å². The van der Waals surface area contributed by atoms with Gasteiger partial charge in [-0.3, -0.25) is 4.79 Å². The van der Waals surface area contributed by atoms with E-state index in [1.54, 1.807) is 0 Å². The molecule has 4 rings (SSSR count). The number of nitrogens with one attached hydrogen (secondary N) is 1. The number of rotatable bonds is 6. The molecule has 11 heteroatoms. The van der Waals surface area contributed by atoms with E-state index in [1.165, 1.54) is 6.07 Å². The van der Waals surface area contributed by atoms with Gasteiger partial charge in [0.15, 0.2) is 0 Å². The van der Waals surface area contributed by atoms with Gasteiger partial charge in [-0.2, -0.15) is 13.2 Å². The Hall–Kier alpha value is -2.53. The first-order valence-electron chi connectivity index (χ1n) is 10.3. The highest BCUT2D eigenvalue weighted by Gasteiger charge is 2.32. The van der Waals surface area contributed by atoms with Crippen molar-refractivity contribution in [3.05, 3.63) is 52.5 Å². The van der Waals surface area contributed by atoms with E-state index < -0.39 is 17.6 Å². The molecule has 0 aliphatic carbocycles. The van der Waals surface area contributed by atoms with Gasteiger partial charge in [0, 0.05) is 17.6 Å². The third-order valence-electron chi connectivity index (χ3n) is 5.13. The van der Waals surface area contributed by atoms with Crippen LogP contribution >= 0.6 is 27.7 Å². The minimum absolute atomic E-state index is 0.0900. The van der Waals surface area contributed by atoms with Gasteiger partial charge in [0.1, 0.15) is 0 Å². The first kappa shape index (κ1) is 23.6. The molecule has 33 heavy (non-hydrogen) atoms. The predicted molar refractivity (Wildman–Crippen MR) is 124 cm³/mol. The van der Waals surface area contributed by atoms with Crippen LogP contribution in [0.5, 0.6) is 0 Å². The number of carbonyl (C=O) groups is 1. The van der Waals surface area contributed by atoms with E-state index in [2.05, 4.69) is 31.4 Å². The number of hydrogen-bond acceptors (Lipinski definition) is 6. The van der Waals surface area contributed by atoms with E-state index in [4.69, 9.17) is 4.42 Å². The molecule has 0 spiro atoms. The van der Waals surface area contributed by atoms with Crippen molar-refractivity contribution in [3.8, 4) is 11.5 Å². The third-order valence-corrected chi connectivity index (χ3v) is 6.64. The Morgan fingerprint density at radius 1 is 1.12 bits per heavy atom. The number of aromatic nitrogens is 2. The molecule has 1 N–H and O–H groups in total. The molecule has 1 fully saturated rings. The van der Waals surface area contributed by atoms with Gasteiger partial charge in [-0.25, -0.2) is 0 Å². The van der Waals surface area contributed by atoms with Crippen LogP contribution in [0, 0.1) is 0 Å². The number of thioether (sulfide) groups is 1. The summed E-state index contributed by atoms with van der Waals surface area (Å²) in [6, 6.07) is 10.8. The number of anilines is 2. The number of benzene rings is 2. The van der Waals surface area contributed by atoms with E-state index in [-0.39, 0.29) is 16.7 Å². The zero-order valence-corrected chi connectivity index (χ0v) is 19.8. The summed E-state index contributed by atoms with van der Waals surface area (Å²) in [7, 11) is 0. The second kappa shape index (κ2) is 10.2. The first-order valence-corrected chi connectivity index (χ1v) is 12.1. The van der Waals surface area contributed by atoms with Crippen LogP contribution in [0.1, 0.15) is 24.8 Å². The second-order valence-electron chi connectivity index (χ2n) is 7.47. The van der Waals surface area contributed by atoms with E-state index in [9.17, 15) is 18.0 Å². The zero-order chi connectivity index (χ0) is 23.4. The molecule has 174 valence electrons. The molecular weight excluding hydrogens is 521 g/mol. The number of hydrogen-bond donors (Lipinski definition) is 1. The normalized spacial score (nSPS) is 14.4. The highest BCUT2D eigenvalue weighted by Crippen LogP contribution is 2.36. The average molecular weight is 541 g/mol. The first-order chi connectivity index (χ1) is 15.8. The van der Waals surface area contributed by atoms with Crippen molar-refractivity contribution in [2.75, 3.05) is 29.1 Å². The molecule has 6 nitrogen and oxygen atoms in total. The Morgan fingerprint density at radius 2 is 1.88 bits per heavy atom. The summed E-state index contributed by atoms with van der Waals surface area (Å²) in [6.07, 6.45) is -1.50. The fourth-order valence-electron chi connectivity index (χ4n) is 3.55. The molecule has 2 heterocycles. The number of carbonyl (C=O) groups excluding carboxylic acids is 1. The zero-order valence-electron chi connectivity index (χ0n) is 17.4. The van der Waals surface area contributed by atoms with E-state index in [1.807, 2.05) is 29.2 Å². The van der Waals surface area contributed by atoms with Gasteiger partial charge >= 0.3 is 6.18 Å². The summed E-state index contributed by atoms with van der Waals surface area (Å²) >= 11 is 4.43. The lowest BCUT2D eigenvalue weighted by Crippen LogP contribution is -2.30. The minimum Gasteiger partial charge on any atom is -0.411 e. The van der Waals surface area contributed by atoms with Gasteiger partial charge in [0.05, 0.1) is 28.3 Å². The van der Waals surface area contributed by atoms with Gasteiger partial charge in [0.25, 0.3) is 5.22 Å². The summed E-state index contributed by atoms with van der Waals surface area (Å²) in [5.74, 6) is -0.248. The summed E-state index contributed by atoms with van der Waals surface area (Å²) in [5.41, 5.74) is 0.657. The van der Waals surface area contributed by atoms with Crippen LogP contribution in [0.2, 0.25) is 0 Å². The molecule has 0 bridgehead atoms. The predicted octanol–water partition coefficient (Wildman–Crippen LogP) is 6.24. The SMILES string of the molecule is O=C(CSc1nnc(-c2ccccc2Br)o1)Nc1cc(C(F)(F)F)ccc1N1CCCCC1. The highest BCUT2D eigenvalue weighted by atomic mass is 79.9. The lowest BCUT2D eigenvalue weighted by atomic mass is 10.1. The van der Waals surface area contributed by atoms with Crippen LogP contribution in [0.4, 0.5) is 24.5 Å². The van der Waals surface area contributed by atoms with Crippen LogP contribution in [0.25, 0.3) is 11.5 Å². The molecule has 0 radical (unpaired) electrons. The van der Waals surface area contributed by atoms with E-state index >= 15 is 0 Å². The van der Waals surface area contributed by atoms with Crippen molar-refractivity contribution in [1.82, 2.24) is 10.2 Å². The number of alkyl halides is 3. The highest BCUT2D eigenvalue weighted by molar-refractivity contribution is 9.10. The number of piperidine rings is 1. The molecule has 0 unspecified atom stereocenters. The minimum atomic E-state index is -4.50. The molecule has 1 amide bonds. The Labute approximate surface area is 201 Å². The Morgan fingerprint density at radius 3 is 2.61 bits per heavy atom. The van der Waals surface area contributed by atoms with Crippen LogP contribution in [-0.2, 0) is 11.0 Å². The maximum atomic E-state index is 13.3. The van der Waals surface area contributed by atoms with Crippen LogP contribution in [0.15, 0.2) is 56.6 Å². The van der Waals surface area contributed by atoms with Gasteiger partial charge in [-0.05, 0) is 65.5 Å². The molecule has 1 aliphatic rings. The number of amides is 1. The molecule has 1 aromatic heterocycles. The van der Waals surface area contributed by atoms with Crippen molar-refractivity contribution in [3.63, 3.8) is 0 Å². The van der Waals surface area contributed by atoms with Gasteiger partial charge in [-0.1, -0.05) is 23.9 Å². The van der Waals surface area contributed by atoms with Gasteiger partial charge in [0.2, 0.25) is 11.8 Å².